The van der Waals surface area contributed by atoms with E-state index in [2.05, 4.69) is 56.3 Å². The highest BCUT2D eigenvalue weighted by Gasteiger charge is 2.22. The highest BCUT2D eigenvalue weighted by molar-refractivity contribution is 5.93. The number of unbranched alkanes of at least 4 members (excludes halogenated alkanes) is 3. The quantitative estimate of drug-likeness (QED) is 0.555. The Hall–Kier alpha value is -1.56. The monoisotopic (exact) mass is 264 g/mol. The summed E-state index contributed by atoms with van der Waals surface area (Å²) in [6.07, 6.45) is 9.21. The largest absolute Gasteiger partial charge is 0.0734 e. The van der Waals surface area contributed by atoms with Gasteiger partial charge in [0.2, 0.25) is 0 Å². The van der Waals surface area contributed by atoms with Gasteiger partial charge in [0.1, 0.15) is 0 Å². The van der Waals surface area contributed by atoms with E-state index in [0.717, 1.165) is 0 Å². The fraction of sp³-hybridized carbons (Fsp3) is 0.400. The Bertz CT molecular complexity index is 634. The molecule has 0 saturated carbocycles. The third-order valence-electron chi connectivity index (χ3n) is 4.59. The summed E-state index contributed by atoms with van der Waals surface area (Å²) in [5.74, 6) is 0.632. The Kier molecular flexibility index (Phi) is 3.91. The minimum atomic E-state index is 0.632. The summed E-state index contributed by atoms with van der Waals surface area (Å²) in [6.45, 7) is 4.54. The standard InChI is InChI=1S/C20H24/c1-3-4-5-6-10-17-14-15(2)18-13-12-16-9-7-8-11-19(16)20(17)18/h7-9,11-14,17H,3-6,10H2,1-2H3. The molecule has 0 spiro atoms. The molecule has 0 amide bonds. The van der Waals surface area contributed by atoms with Gasteiger partial charge in [-0.25, -0.2) is 0 Å². The second kappa shape index (κ2) is 5.83. The Morgan fingerprint density at radius 3 is 2.65 bits per heavy atom. The summed E-state index contributed by atoms with van der Waals surface area (Å²) < 4.78 is 0. The van der Waals surface area contributed by atoms with Gasteiger partial charge in [-0.3, -0.25) is 0 Å². The fourth-order valence-corrected chi connectivity index (χ4v) is 3.53. The van der Waals surface area contributed by atoms with Crippen LogP contribution in [-0.4, -0.2) is 0 Å². The van der Waals surface area contributed by atoms with Crippen LogP contribution >= 0.6 is 0 Å². The van der Waals surface area contributed by atoms with Crippen LogP contribution in [0.5, 0.6) is 0 Å². The van der Waals surface area contributed by atoms with Crippen molar-refractivity contribution in [2.75, 3.05) is 0 Å². The number of benzene rings is 2. The maximum Gasteiger partial charge on any atom is 0.00360 e. The van der Waals surface area contributed by atoms with Crippen LogP contribution in [0.1, 0.15) is 63.0 Å². The molecule has 1 aliphatic carbocycles. The molecule has 0 radical (unpaired) electrons. The maximum absolute atomic E-state index is 2.49. The zero-order chi connectivity index (χ0) is 13.9. The molecular formula is C20H24. The molecule has 0 heteroatoms. The number of rotatable bonds is 5. The molecule has 1 atom stereocenters. The third kappa shape index (κ3) is 2.40. The third-order valence-corrected chi connectivity index (χ3v) is 4.59. The number of allylic oxidation sites excluding steroid dienone is 2. The Morgan fingerprint density at radius 2 is 1.80 bits per heavy atom. The molecule has 104 valence electrons. The molecule has 2 aromatic carbocycles. The summed E-state index contributed by atoms with van der Waals surface area (Å²) in [4.78, 5) is 0. The van der Waals surface area contributed by atoms with Crippen molar-refractivity contribution in [2.24, 2.45) is 0 Å². The average Bonchev–Trinajstić information content (AvgIpc) is 2.81. The molecule has 0 N–H and O–H groups in total. The van der Waals surface area contributed by atoms with E-state index in [1.165, 1.54) is 54.0 Å². The normalized spacial score (nSPS) is 17.3. The van der Waals surface area contributed by atoms with Gasteiger partial charge in [-0.15, -0.1) is 0 Å². The predicted octanol–water partition coefficient (Wildman–Crippen LogP) is 6.31. The van der Waals surface area contributed by atoms with Crippen molar-refractivity contribution in [3.05, 3.63) is 53.6 Å². The first-order valence-corrected chi connectivity index (χ1v) is 8.01. The van der Waals surface area contributed by atoms with Crippen LogP contribution in [0, 0.1) is 0 Å². The lowest BCUT2D eigenvalue weighted by Gasteiger charge is -2.14. The van der Waals surface area contributed by atoms with Gasteiger partial charge in [0, 0.05) is 5.92 Å². The van der Waals surface area contributed by atoms with E-state index in [1.807, 2.05) is 0 Å². The van der Waals surface area contributed by atoms with Crippen LogP contribution in [-0.2, 0) is 0 Å². The topological polar surface area (TPSA) is 0 Å². The van der Waals surface area contributed by atoms with Crippen LogP contribution < -0.4 is 0 Å². The van der Waals surface area contributed by atoms with Gasteiger partial charge in [-0.1, -0.05) is 75.1 Å². The first-order chi connectivity index (χ1) is 9.81. The lowest BCUT2D eigenvalue weighted by atomic mass is 9.90. The van der Waals surface area contributed by atoms with E-state index in [1.54, 1.807) is 5.56 Å². The molecule has 0 nitrogen and oxygen atoms in total. The average molecular weight is 264 g/mol. The number of fused-ring (bicyclic) bond motifs is 3. The summed E-state index contributed by atoms with van der Waals surface area (Å²) >= 11 is 0. The summed E-state index contributed by atoms with van der Waals surface area (Å²) in [7, 11) is 0. The van der Waals surface area contributed by atoms with Crippen molar-refractivity contribution >= 4 is 16.3 Å². The number of hydrogen-bond donors (Lipinski definition) is 0. The van der Waals surface area contributed by atoms with E-state index in [9.17, 15) is 0 Å². The van der Waals surface area contributed by atoms with Gasteiger partial charge in [0.25, 0.3) is 0 Å². The molecule has 0 fully saturated rings. The minimum Gasteiger partial charge on any atom is -0.0734 e. The van der Waals surface area contributed by atoms with Crippen LogP contribution in [0.15, 0.2) is 42.5 Å². The molecule has 1 unspecified atom stereocenters. The van der Waals surface area contributed by atoms with Gasteiger partial charge in [0.15, 0.2) is 0 Å². The molecule has 0 bridgehead atoms. The second-order valence-corrected chi connectivity index (χ2v) is 6.05. The molecule has 0 aliphatic heterocycles. The van der Waals surface area contributed by atoms with Gasteiger partial charge in [-0.05, 0) is 40.8 Å². The highest BCUT2D eigenvalue weighted by Crippen LogP contribution is 2.42. The highest BCUT2D eigenvalue weighted by atomic mass is 14.3. The number of hydrogen-bond acceptors (Lipinski definition) is 0. The first-order valence-electron chi connectivity index (χ1n) is 8.01. The Labute approximate surface area is 122 Å². The predicted molar refractivity (Wildman–Crippen MR) is 89.1 cm³/mol. The fourth-order valence-electron chi connectivity index (χ4n) is 3.53. The van der Waals surface area contributed by atoms with Crippen LogP contribution in [0.2, 0.25) is 0 Å². The van der Waals surface area contributed by atoms with Crippen molar-refractivity contribution in [2.45, 2.75) is 51.9 Å². The van der Waals surface area contributed by atoms with Crippen molar-refractivity contribution in [1.82, 2.24) is 0 Å². The summed E-state index contributed by atoms with van der Waals surface area (Å²) in [5, 5.41) is 2.84. The summed E-state index contributed by atoms with van der Waals surface area (Å²) in [5.41, 5.74) is 4.52. The van der Waals surface area contributed by atoms with E-state index < -0.39 is 0 Å². The second-order valence-electron chi connectivity index (χ2n) is 6.05. The Balaban J connectivity index is 1.92. The van der Waals surface area contributed by atoms with Crippen molar-refractivity contribution in [1.29, 1.82) is 0 Å². The lowest BCUT2D eigenvalue weighted by molar-refractivity contribution is 0.608. The molecule has 2 aromatic rings. The van der Waals surface area contributed by atoms with E-state index in [0.29, 0.717) is 5.92 Å². The molecule has 1 aliphatic rings. The molecule has 0 heterocycles. The van der Waals surface area contributed by atoms with E-state index >= 15 is 0 Å². The van der Waals surface area contributed by atoms with Crippen LogP contribution in [0.4, 0.5) is 0 Å². The first kappa shape index (κ1) is 13.4. The lowest BCUT2D eigenvalue weighted by Crippen LogP contribution is -1.95. The van der Waals surface area contributed by atoms with Crippen molar-refractivity contribution in [3.8, 4) is 0 Å². The van der Waals surface area contributed by atoms with Crippen LogP contribution in [0.25, 0.3) is 16.3 Å². The van der Waals surface area contributed by atoms with Gasteiger partial charge in [-0.2, -0.15) is 0 Å². The molecule has 0 saturated heterocycles. The van der Waals surface area contributed by atoms with Gasteiger partial charge in [0.05, 0.1) is 0 Å². The SMILES string of the molecule is CCCCCCC1C=C(C)c2ccc3ccccc3c21. The Morgan fingerprint density at radius 1 is 0.950 bits per heavy atom. The zero-order valence-corrected chi connectivity index (χ0v) is 12.7. The van der Waals surface area contributed by atoms with Gasteiger partial charge < -0.3 is 0 Å². The smallest absolute Gasteiger partial charge is 0.00360 e. The molecular weight excluding hydrogens is 240 g/mol. The molecule has 3 rings (SSSR count). The van der Waals surface area contributed by atoms with Gasteiger partial charge >= 0.3 is 0 Å². The van der Waals surface area contributed by atoms with Crippen molar-refractivity contribution < 1.29 is 0 Å². The van der Waals surface area contributed by atoms with E-state index in [-0.39, 0.29) is 0 Å². The van der Waals surface area contributed by atoms with Crippen LogP contribution in [0.3, 0.4) is 0 Å². The van der Waals surface area contributed by atoms with Crippen molar-refractivity contribution in [3.63, 3.8) is 0 Å². The maximum atomic E-state index is 2.49. The molecule has 20 heavy (non-hydrogen) atoms. The zero-order valence-electron chi connectivity index (χ0n) is 12.7. The molecule has 0 aromatic heterocycles. The summed E-state index contributed by atoms with van der Waals surface area (Å²) in [6, 6.07) is 13.4. The van der Waals surface area contributed by atoms with E-state index in [4.69, 9.17) is 0 Å². The minimum absolute atomic E-state index is 0.632.